The van der Waals surface area contributed by atoms with Gasteiger partial charge in [-0.3, -0.25) is 4.90 Å². The van der Waals surface area contributed by atoms with Crippen LogP contribution in [0.1, 0.15) is 18.4 Å². The zero-order valence-electron chi connectivity index (χ0n) is 11.7. The second kappa shape index (κ2) is 6.58. The van der Waals surface area contributed by atoms with Crippen molar-refractivity contribution in [3.8, 4) is 5.75 Å². The Kier molecular flexibility index (Phi) is 4.34. The molecule has 3 rings (SSSR count). The molecule has 0 amide bonds. The van der Waals surface area contributed by atoms with Crippen LogP contribution in [0.3, 0.4) is 0 Å². The molecule has 2 heteroatoms. The summed E-state index contributed by atoms with van der Waals surface area (Å²) in [6.45, 7) is 3.27. The Morgan fingerprint density at radius 1 is 1.00 bits per heavy atom. The molecule has 103 valence electrons. The lowest BCUT2D eigenvalue weighted by Gasteiger charge is -2.32. The summed E-state index contributed by atoms with van der Waals surface area (Å²) in [5, 5.41) is 0. The van der Waals surface area contributed by atoms with Crippen molar-refractivity contribution < 1.29 is 4.74 Å². The van der Waals surface area contributed by atoms with Crippen molar-refractivity contribution in [3.05, 3.63) is 66.2 Å². The third kappa shape index (κ3) is 3.61. The molecule has 1 saturated heterocycles. The molecule has 0 atom stereocenters. The van der Waals surface area contributed by atoms with Crippen LogP contribution < -0.4 is 4.74 Å². The van der Waals surface area contributed by atoms with Gasteiger partial charge < -0.3 is 4.74 Å². The number of hydrogen-bond donors (Lipinski definition) is 0. The number of hydrogen-bond acceptors (Lipinski definition) is 2. The van der Waals surface area contributed by atoms with Gasteiger partial charge in [-0.05, 0) is 36.6 Å². The van der Waals surface area contributed by atoms with Crippen LogP contribution in [0.2, 0.25) is 0 Å². The Morgan fingerprint density at radius 3 is 2.40 bits per heavy atom. The highest BCUT2D eigenvalue weighted by Crippen LogP contribution is 2.19. The first kappa shape index (κ1) is 13.2. The number of rotatable bonds is 4. The quantitative estimate of drug-likeness (QED) is 0.839. The summed E-state index contributed by atoms with van der Waals surface area (Å²) in [7, 11) is 0. The fraction of sp³-hybridized carbons (Fsp3) is 0.333. The van der Waals surface area contributed by atoms with E-state index in [0.29, 0.717) is 6.10 Å². The molecular formula is C18H20NO. The van der Waals surface area contributed by atoms with Crippen LogP contribution in [0, 0.1) is 6.07 Å². The average molecular weight is 266 g/mol. The lowest BCUT2D eigenvalue weighted by Crippen LogP contribution is -2.37. The van der Waals surface area contributed by atoms with Gasteiger partial charge in [-0.1, -0.05) is 42.5 Å². The molecule has 2 nitrogen and oxygen atoms in total. The molecule has 1 aliphatic heterocycles. The van der Waals surface area contributed by atoms with E-state index in [9.17, 15) is 0 Å². The maximum Gasteiger partial charge on any atom is 0.119 e. The molecule has 0 spiro atoms. The van der Waals surface area contributed by atoms with E-state index in [4.69, 9.17) is 4.74 Å². The van der Waals surface area contributed by atoms with E-state index >= 15 is 0 Å². The van der Waals surface area contributed by atoms with Crippen LogP contribution in [0.5, 0.6) is 5.75 Å². The molecule has 0 saturated carbocycles. The van der Waals surface area contributed by atoms with Crippen molar-refractivity contribution in [3.63, 3.8) is 0 Å². The Bertz CT molecular complexity index is 454. The third-order valence-corrected chi connectivity index (χ3v) is 3.77. The molecule has 1 radical (unpaired) electrons. The largest absolute Gasteiger partial charge is 0.490 e. The van der Waals surface area contributed by atoms with Crippen LogP contribution >= 0.6 is 0 Å². The summed E-state index contributed by atoms with van der Waals surface area (Å²) in [4.78, 5) is 2.51. The predicted molar refractivity (Wildman–Crippen MR) is 80.6 cm³/mol. The van der Waals surface area contributed by atoms with Gasteiger partial charge in [0.05, 0.1) is 0 Å². The molecule has 1 aliphatic rings. The molecule has 0 unspecified atom stereocenters. The Hall–Kier alpha value is -1.80. The molecule has 2 aromatic carbocycles. The van der Waals surface area contributed by atoms with Crippen LogP contribution in [0.15, 0.2) is 54.6 Å². The van der Waals surface area contributed by atoms with E-state index in [1.807, 2.05) is 24.3 Å². The first-order valence-electron chi connectivity index (χ1n) is 7.29. The first-order valence-corrected chi connectivity index (χ1v) is 7.29. The third-order valence-electron chi connectivity index (χ3n) is 3.77. The topological polar surface area (TPSA) is 12.5 Å². The van der Waals surface area contributed by atoms with Gasteiger partial charge >= 0.3 is 0 Å². The average Bonchev–Trinajstić information content (AvgIpc) is 2.51. The van der Waals surface area contributed by atoms with Crippen molar-refractivity contribution in [1.29, 1.82) is 0 Å². The van der Waals surface area contributed by atoms with Crippen molar-refractivity contribution in [2.75, 3.05) is 13.1 Å². The minimum atomic E-state index is 0.351. The van der Waals surface area contributed by atoms with Crippen molar-refractivity contribution in [2.24, 2.45) is 0 Å². The molecule has 0 aromatic heterocycles. The zero-order valence-corrected chi connectivity index (χ0v) is 11.7. The molecule has 2 aromatic rings. The molecular weight excluding hydrogens is 246 g/mol. The Balaban J connectivity index is 1.47. The van der Waals surface area contributed by atoms with E-state index in [2.05, 4.69) is 41.3 Å². The fourth-order valence-corrected chi connectivity index (χ4v) is 2.67. The van der Waals surface area contributed by atoms with Crippen LogP contribution in [-0.2, 0) is 6.54 Å². The van der Waals surface area contributed by atoms with E-state index in [-0.39, 0.29) is 0 Å². The van der Waals surface area contributed by atoms with E-state index in [1.54, 1.807) is 0 Å². The van der Waals surface area contributed by atoms with Gasteiger partial charge in [0, 0.05) is 19.6 Å². The molecule has 1 fully saturated rings. The number of benzene rings is 2. The fourth-order valence-electron chi connectivity index (χ4n) is 2.67. The smallest absolute Gasteiger partial charge is 0.119 e. The van der Waals surface area contributed by atoms with Crippen molar-refractivity contribution in [1.82, 2.24) is 4.90 Å². The molecule has 1 heterocycles. The molecule has 0 N–H and O–H groups in total. The molecule has 0 bridgehead atoms. The lowest BCUT2D eigenvalue weighted by atomic mass is 10.1. The van der Waals surface area contributed by atoms with E-state index < -0.39 is 0 Å². The van der Waals surface area contributed by atoms with Gasteiger partial charge in [0.2, 0.25) is 0 Å². The Morgan fingerprint density at radius 2 is 1.70 bits per heavy atom. The summed E-state index contributed by atoms with van der Waals surface area (Å²) >= 11 is 0. The highest BCUT2D eigenvalue weighted by Gasteiger charge is 2.20. The van der Waals surface area contributed by atoms with Gasteiger partial charge in [0.25, 0.3) is 0 Å². The normalized spacial score (nSPS) is 17.0. The summed E-state index contributed by atoms with van der Waals surface area (Å²) in [5.41, 5.74) is 1.39. The van der Waals surface area contributed by atoms with Gasteiger partial charge in [0.1, 0.15) is 11.9 Å². The lowest BCUT2D eigenvalue weighted by molar-refractivity contribution is 0.0968. The van der Waals surface area contributed by atoms with E-state index in [1.165, 1.54) is 5.56 Å². The number of likely N-dealkylation sites (tertiary alicyclic amines) is 1. The standard InChI is InChI=1S/C18H20NO/c1-3-7-16(8-4-1)15-19-13-11-18(12-14-19)20-17-9-5-2-6-10-17/h1,3-10,18H,11-15H2. The monoisotopic (exact) mass is 266 g/mol. The van der Waals surface area contributed by atoms with Crippen LogP contribution in [-0.4, -0.2) is 24.1 Å². The Labute approximate surface area is 121 Å². The maximum atomic E-state index is 6.01. The van der Waals surface area contributed by atoms with Crippen molar-refractivity contribution in [2.45, 2.75) is 25.5 Å². The second-order valence-corrected chi connectivity index (χ2v) is 5.31. The SMILES string of the molecule is [c]1ccc(OC2CCN(Cc3ccccc3)CC2)cc1. The highest BCUT2D eigenvalue weighted by atomic mass is 16.5. The number of nitrogens with zero attached hydrogens (tertiary/aromatic N) is 1. The first-order chi connectivity index (χ1) is 9.90. The van der Waals surface area contributed by atoms with Gasteiger partial charge in [-0.25, -0.2) is 0 Å². The van der Waals surface area contributed by atoms with E-state index in [0.717, 1.165) is 38.2 Å². The summed E-state index contributed by atoms with van der Waals surface area (Å²) in [6, 6.07) is 21.5. The highest BCUT2D eigenvalue weighted by molar-refractivity contribution is 5.20. The van der Waals surface area contributed by atoms with Gasteiger partial charge in [-0.15, -0.1) is 0 Å². The van der Waals surface area contributed by atoms with Gasteiger partial charge in [-0.2, -0.15) is 0 Å². The molecule has 0 aliphatic carbocycles. The van der Waals surface area contributed by atoms with Gasteiger partial charge in [0.15, 0.2) is 0 Å². The number of ether oxygens (including phenoxy) is 1. The summed E-state index contributed by atoms with van der Waals surface area (Å²) in [6.07, 6.45) is 2.56. The van der Waals surface area contributed by atoms with Crippen LogP contribution in [0.25, 0.3) is 0 Å². The minimum absolute atomic E-state index is 0.351. The van der Waals surface area contributed by atoms with Crippen molar-refractivity contribution >= 4 is 0 Å². The van der Waals surface area contributed by atoms with Crippen LogP contribution in [0.4, 0.5) is 0 Å². The zero-order chi connectivity index (χ0) is 13.6. The number of piperidine rings is 1. The summed E-state index contributed by atoms with van der Waals surface area (Å²) in [5.74, 6) is 0.963. The second-order valence-electron chi connectivity index (χ2n) is 5.31. The minimum Gasteiger partial charge on any atom is -0.490 e. The maximum absolute atomic E-state index is 6.01. The predicted octanol–water partition coefficient (Wildman–Crippen LogP) is 3.53. The summed E-state index contributed by atoms with van der Waals surface area (Å²) < 4.78 is 6.01. The molecule has 20 heavy (non-hydrogen) atoms.